The van der Waals surface area contributed by atoms with Gasteiger partial charge >= 0.3 is 19.8 Å². The molecule has 0 spiro atoms. The van der Waals surface area contributed by atoms with Gasteiger partial charge in [0.1, 0.15) is 12.7 Å². The van der Waals surface area contributed by atoms with Crippen LogP contribution >= 0.6 is 7.82 Å². The number of aliphatic hydroxyl groups is 1. The molecule has 0 fully saturated rings. The number of ether oxygens (including phenoxy) is 1. The number of phosphoric acid groups is 1. The summed E-state index contributed by atoms with van der Waals surface area (Å²) in [6, 6.07) is -1.53. The van der Waals surface area contributed by atoms with Crippen LogP contribution in [0.4, 0.5) is 0 Å². The Hall–Kier alpha value is -1.52. The summed E-state index contributed by atoms with van der Waals surface area (Å²) in [5, 5.41) is 21.3. The molecular weight excluding hydrogens is 553 g/mol. The van der Waals surface area contributed by atoms with Gasteiger partial charge < -0.3 is 25.2 Å². The van der Waals surface area contributed by atoms with E-state index in [1.54, 1.807) is 6.92 Å². The molecule has 0 aromatic carbocycles. The van der Waals surface area contributed by atoms with Crippen LogP contribution in [0.15, 0.2) is 0 Å². The van der Waals surface area contributed by atoms with Crippen LogP contribution in [0.3, 0.4) is 0 Å². The zero-order valence-corrected chi connectivity index (χ0v) is 26.3. The minimum atomic E-state index is -4.71. The number of amides is 1. The van der Waals surface area contributed by atoms with Crippen LogP contribution in [-0.2, 0) is 32.7 Å². The molecule has 0 saturated heterocycles. The Morgan fingerprint density at radius 3 is 1.61 bits per heavy atom. The van der Waals surface area contributed by atoms with E-state index in [0.29, 0.717) is 12.8 Å². The highest BCUT2D eigenvalue weighted by molar-refractivity contribution is 7.47. The molecule has 0 aliphatic carbocycles. The van der Waals surface area contributed by atoms with Gasteiger partial charge in [0.2, 0.25) is 5.91 Å². The van der Waals surface area contributed by atoms with Crippen molar-refractivity contribution < 1.29 is 47.8 Å². The van der Waals surface area contributed by atoms with Crippen molar-refractivity contribution in [3.8, 4) is 0 Å². The molecule has 11 nitrogen and oxygen atoms in total. The average Bonchev–Trinajstić information content (AvgIpc) is 2.92. The van der Waals surface area contributed by atoms with Crippen molar-refractivity contribution in [3.05, 3.63) is 0 Å². The van der Waals surface area contributed by atoms with Gasteiger partial charge in [0.15, 0.2) is 6.04 Å². The maximum atomic E-state index is 12.2. The molecule has 1 amide bonds. The zero-order valence-electron chi connectivity index (χ0n) is 25.4. The van der Waals surface area contributed by atoms with Gasteiger partial charge in [-0.25, -0.2) is 9.36 Å². The van der Waals surface area contributed by atoms with E-state index < -0.39 is 57.6 Å². The summed E-state index contributed by atoms with van der Waals surface area (Å²) < 4.78 is 26.1. The summed E-state index contributed by atoms with van der Waals surface area (Å²) in [6.45, 7) is 2.14. The molecule has 0 saturated carbocycles. The molecule has 3 atom stereocenters. The lowest BCUT2D eigenvalue weighted by molar-refractivity contribution is -0.147. The minimum Gasteiger partial charge on any atom is -0.480 e. The predicted molar refractivity (Wildman–Crippen MR) is 157 cm³/mol. The number of unbranched alkanes of at least 4 members (excludes halogenated alkanes) is 15. The molecule has 0 rings (SSSR count). The fourth-order valence-corrected chi connectivity index (χ4v) is 4.95. The number of hydrogen-bond acceptors (Lipinski definition) is 8. The average molecular weight is 610 g/mol. The van der Waals surface area contributed by atoms with Gasteiger partial charge in [0.25, 0.3) is 0 Å². The first-order chi connectivity index (χ1) is 19.6. The number of carboxylic acid groups (broad SMARTS) is 1. The third-order valence-corrected chi connectivity index (χ3v) is 7.57. The molecule has 0 aliphatic rings. The van der Waals surface area contributed by atoms with Crippen LogP contribution in [0.1, 0.15) is 136 Å². The number of hydrogen-bond donors (Lipinski definition) is 4. The summed E-state index contributed by atoms with van der Waals surface area (Å²) in [5.41, 5.74) is 0. The van der Waals surface area contributed by atoms with E-state index >= 15 is 0 Å². The Morgan fingerprint density at radius 1 is 0.683 bits per heavy atom. The van der Waals surface area contributed by atoms with E-state index in [2.05, 4.69) is 21.3 Å². The predicted octanol–water partition coefficient (Wildman–Crippen LogP) is 6.05. The summed E-state index contributed by atoms with van der Waals surface area (Å²) in [7, 11) is -4.71. The molecule has 3 unspecified atom stereocenters. The Balaban J connectivity index is 3.90. The fourth-order valence-electron chi connectivity index (χ4n) is 4.17. The highest BCUT2D eigenvalue weighted by Crippen LogP contribution is 2.43. The number of carboxylic acids is 1. The summed E-state index contributed by atoms with van der Waals surface area (Å²) in [5.74, 6) is -2.42. The maximum absolute atomic E-state index is 12.2. The van der Waals surface area contributed by atoms with E-state index in [4.69, 9.17) is 4.74 Å². The third-order valence-electron chi connectivity index (χ3n) is 6.62. The SMILES string of the molecule is CCCCCCCCCCCCCCCCCCC(=O)NC(COP(=O)(O)OCC(O)COC(=O)CCC)C(=O)O. The number of phosphoric ester groups is 1. The number of aliphatic carboxylic acids is 1. The monoisotopic (exact) mass is 609 g/mol. The lowest BCUT2D eigenvalue weighted by Crippen LogP contribution is -2.43. The van der Waals surface area contributed by atoms with Crippen molar-refractivity contribution in [1.29, 1.82) is 0 Å². The first-order valence-electron chi connectivity index (χ1n) is 15.6. The number of rotatable bonds is 29. The van der Waals surface area contributed by atoms with Crippen molar-refractivity contribution >= 4 is 25.7 Å². The van der Waals surface area contributed by atoms with Crippen LogP contribution in [-0.4, -0.2) is 64.9 Å². The summed E-state index contributed by atoms with van der Waals surface area (Å²) >= 11 is 0. The first-order valence-corrected chi connectivity index (χ1v) is 17.1. The molecular formula is C29H56NO10P. The Morgan fingerprint density at radius 2 is 1.15 bits per heavy atom. The molecule has 41 heavy (non-hydrogen) atoms. The standard InChI is InChI=1S/C29H56NO10P/c1-3-5-6-7-8-9-10-11-12-13-14-15-16-17-18-19-21-27(32)30-26(29(34)35)24-40-41(36,37)39-23-25(31)22-38-28(33)20-4-2/h25-26,31H,3-24H2,1-2H3,(H,30,32)(H,34,35)(H,36,37). The van der Waals surface area contributed by atoms with Gasteiger partial charge in [-0.2, -0.15) is 0 Å². The highest BCUT2D eigenvalue weighted by Gasteiger charge is 2.28. The van der Waals surface area contributed by atoms with E-state index in [9.17, 15) is 34.1 Å². The van der Waals surface area contributed by atoms with Gasteiger partial charge in [0, 0.05) is 12.8 Å². The van der Waals surface area contributed by atoms with Crippen LogP contribution in [0.5, 0.6) is 0 Å². The number of carbonyl (C=O) groups is 3. The molecule has 242 valence electrons. The van der Waals surface area contributed by atoms with Crippen molar-refractivity contribution in [2.24, 2.45) is 0 Å². The highest BCUT2D eigenvalue weighted by atomic mass is 31.2. The molecule has 4 N–H and O–H groups in total. The molecule has 0 aromatic heterocycles. The lowest BCUT2D eigenvalue weighted by atomic mass is 10.0. The first kappa shape index (κ1) is 39.5. The molecule has 0 aliphatic heterocycles. The smallest absolute Gasteiger partial charge is 0.472 e. The van der Waals surface area contributed by atoms with Gasteiger partial charge in [0.05, 0.1) is 13.2 Å². The van der Waals surface area contributed by atoms with Gasteiger partial charge in [-0.15, -0.1) is 0 Å². The molecule has 0 radical (unpaired) electrons. The Labute approximate surface area is 246 Å². The van der Waals surface area contributed by atoms with Crippen LogP contribution in [0, 0.1) is 0 Å². The fraction of sp³-hybridized carbons (Fsp3) is 0.897. The van der Waals surface area contributed by atoms with E-state index in [0.717, 1.165) is 19.3 Å². The maximum Gasteiger partial charge on any atom is 0.472 e. The van der Waals surface area contributed by atoms with E-state index in [-0.39, 0.29) is 12.8 Å². The normalized spacial score (nSPS) is 14.2. The van der Waals surface area contributed by atoms with Gasteiger partial charge in [-0.05, 0) is 12.8 Å². The zero-order chi connectivity index (χ0) is 30.8. The summed E-state index contributed by atoms with van der Waals surface area (Å²) in [6.07, 6.45) is 19.0. The van der Waals surface area contributed by atoms with Crippen LogP contribution in [0.2, 0.25) is 0 Å². The number of carbonyl (C=O) groups excluding carboxylic acids is 2. The van der Waals surface area contributed by atoms with Crippen molar-refractivity contribution in [2.75, 3.05) is 19.8 Å². The lowest BCUT2D eigenvalue weighted by Gasteiger charge is -2.18. The number of esters is 1. The Bertz CT molecular complexity index is 736. The topological polar surface area (TPSA) is 169 Å². The van der Waals surface area contributed by atoms with E-state index in [1.165, 1.54) is 77.0 Å². The van der Waals surface area contributed by atoms with Crippen molar-refractivity contribution in [3.63, 3.8) is 0 Å². The van der Waals surface area contributed by atoms with Crippen molar-refractivity contribution in [1.82, 2.24) is 5.32 Å². The number of nitrogens with one attached hydrogen (secondary N) is 1. The largest absolute Gasteiger partial charge is 0.480 e. The second-order valence-electron chi connectivity index (χ2n) is 10.7. The minimum absolute atomic E-state index is 0.151. The summed E-state index contributed by atoms with van der Waals surface area (Å²) in [4.78, 5) is 44.6. The number of aliphatic hydroxyl groups excluding tert-OH is 1. The van der Waals surface area contributed by atoms with Crippen molar-refractivity contribution in [2.45, 2.75) is 148 Å². The van der Waals surface area contributed by atoms with Crippen LogP contribution < -0.4 is 5.32 Å². The van der Waals surface area contributed by atoms with Gasteiger partial charge in [-0.1, -0.05) is 110 Å². The quantitative estimate of drug-likeness (QED) is 0.0445. The van der Waals surface area contributed by atoms with Crippen LogP contribution in [0.25, 0.3) is 0 Å². The van der Waals surface area contributed by atoms with E-state index in [1.807, 2.05) is 0 Å². The Kier molecular flexibility index (Phi) is 25.2. The molecule has 0 bridgehead atoms. The second-order valence-corrected chi connectivity index (χ2v) is 12.1. The van der Waals surface area contributed by atoms with Gasteiger partial charge in [-0.3, -0.25) is 18.6 Å². The third kappa shape index (κ3) is 25.9. The molecule has 0 heterocycles. The molecule has 12 heteroatoms. The molecule has 0 aromatic rings. The second kappa shape index (κ2) is 26.1.